The van der Waals surface area contributed by atoms with Gasteiger partial charge in [-0.05, 0) is 38.5 Å². The first-order valence-corrected chi connectivity index (χ1v) is 7.77. The summed E-state index contributed by atoms with van der Waals surface area (Å²) in [6.45, 7) is 5.02. The van der Waals surface area contributed by atoms with Crippen LogP contribution >= 0.6 is 0 Å². The monoisotopic (exact) mass is 329 g/mol. The van der Waals surface area contributed by atoms with Gasteiger partial charge in [-0.3, -0.25) is 4.31 Å². The molecule has 0 aliphatic carbocycles. The Hall–Kier alpha value is -2.19. The van der Waals surface area contributed by atoms with Gasteiger partial charge in [0.1, 0.15) is 5.60 Å². The van der Waals surface area contributed by atoms with Crippen LogP contribution in [0.15, 0.2) is 28.6 Å². The highest BCUT2D eigenvalue weighted by molar-refractivity contribution is 7.87. The number of allylic oxidation sites excluding steroid dienone is 1. The molecule has 0 aromatic heterocycles. The molecule has 0 fully saturated rings. The molecule has 22 heavy (non-hydrogen) atoms. The number of ether oxygens (including phenoxy) is 1. The smallest absolute Gasteiger partial charge is 0.334 e. The van der Waals surface area contributed by atoms with Crippen LogP contribution in [0.3, 0.4) is 0 Å². The molecule has 1 heterocycles. The van der Waals surface area contributed by atoms with Gasteiger partial charge in [-0.1, -0.05) is 0 Å². The van der Waals surface area contributed by atoms with Gasteiger partial charge in [0, 0.05) is 30.9 Å². The summed E-state index contributed by atoms with van der Waals surface area (Å²) in [7, 11) is -0.842. The van der Waals surface area contributed by atoms with Crippen molar-refractivity contribution in [2.75, 3.05) is 14.1 Å². The molecule has 10 heteroatoms. The number of hydrogen-bond acceptors (Lipinski definition) is 5. The quantitative estimate of drug-likeness (QED) is 0.335. The Labute approximate surface area is 129 Å². The molecule has 0 radical (unpaired) electrons. The summed E-state index contributed by atoms with van der Waals surface area (Å²) in [5.41, 5.74) is 8.22. The number of esters is 1. The van der Waals surface area contributed by atoms with Crippen LogP contribution in [0.5, 0.6) is 0 Å². The SMILES string of the molecule is CN(C)C1=CC(C(=O)OC(C)(C)C)N(S(=O)(=O)N=[N+]=[N-])C=C1. The summed E-state index contributed by atoms with van der Waals surface area (Å²) in [6.07, 6.45) is 4.10. The Bertz CT molecular complexity index is 653. The van der Waals surface area contributed by atoms with E-state index in [1.165, 1.54) is 18.4 Å². The third kappa shape index (κ3) is 4.40. The lowest BCUT2D eigenvalue weighted by Gasteiger charge is -2.31. The molecular weight excluding hydrogens is 310 g/mol. The third-order valence-electron chi connectivity index (χ3n) is 2.57. The van der Waals surface area contributed by atoms with E-state index in [4.69, 9.17) is 10.3 Å². The van der Waals surface area contributed by atoms with E-state index < -0.39 is 27.8 Å². The molecule has 9 nitrogen and oxygen atoms in total. The van der Waals surface area contributed by atoms with Crippen molar-refractivity contribution in [3.8, 4) is 0 Å². The van der Waals surface area contributed by atoms with Crippen LogP contribution in [-0.4, -0.2) is 49.3 Å². The number of hydrogen-bond donors (Lipinski definition) is 0. The number of likely N-dealkylation sites (N-methyl/N-ethyl adjacent to an activating group) is 1. The van der Waals surface area contributed by atoms with Gasteiger partial charge in [-0.25, -0.2) is 4.79 Å². The standard InChI is InChI=1S/C12H19N5O4S/c1-12(2,3)21-11(18)10-8-9(16(4)5)6-7-17(10)22(19,20)15-14-13/h6-8,10H,1-5H3. The summed E-state index contributed by atoms with van der Waals surface area (Å²) in [5.74, 6) is -0.757. The van der Waals surface area contributed by atoms with Crippen molar-refractivity contribution < 1.29 is 17.9 Å². The van der Waals surface area contributed by atoms with E-state index in [2.05, 4.69) is 9.43 Å². The summed E-state index contributed by atoms with van der Waals surface area (Å²) >= 11 is 0. The number of nitrogens with zero attached hydrogens (tertiary/aromatic N) is 5. The average Bonchev–Trinajstić information content (AvgIpc) is 2.35. The summed E-state index contributed by atoms with van der Waals surface area (Å²) in [5, 5.41) is 0. The molecule has 122 valence electrons. The molecule has 1 aliphatic rings. The van der Waals surface area contributed by atoms with E-state index in [1.54, 1.807) is 39.8 Å². The van der Waals surface area contributed by atoms with Crippen molar-refractivity contribution in [2.45, 2.75) is 32.4 Å². The van der Waals surface area contributed by atoms with Crippen LogP contribution in [0.4, 0.5) is 0 Å². The number of carbonyl (C=O) groups is 1. The Balaban J connectivity index is 3.25. The van der Waals surface area contributed by atoms with Gasteiger partial charge in [0.25, 0.3) is 0 Å². The summed E-state index contributed by atoms with van der Waals surface area (Å²) in [6, 6.07) is -1.24. The Morgan fingerprint density at radius 1 is 1.45 bits per heavy atom. The zero-order valence-corrected chi connectivity index (χ0v) is 13.9. The maximum absolute atomic E-state index is 12.3. The van der Waals surface area contributed by atoms with Crippen molar-refractivity contribution in [1.82, 2.24) is 9.21 Å². The van der Waals surface area contributed by atoms with Gasteiger partial charge in [0.2, 0.25) is 0 Å². The van der Waals surface area contributed by atoms with Gasteiger partial charge in [-0.2, -0.15) is 8.42 Å². The van der Waals surface area contributed by atoms with Gasteiger partial charge in [0.15, 0.2) is 6.04 Å². The van der Waals surface area contributed by atoms with Crippen LogP contribution in [-0.2, 0) is 19.7 Å². The van der Waals surface area contributed by atoms with Crippen LogP contribution in [0.2, 0.25) is 0 Å². The van der Waals surface area contributed by atoms with Crippen LogP contribution < -0.4 is 0 Å². The highest BCUT2D eigenvalue weighted by atomic mass is 32.2. The van der Waals surface area contributed by atoms with Crippen LogP contribution in [0.1, 0.15) is 20.8 Å². The van der Waals surface area contributed by atoms with E-state index in [1.807, 2.05) is 0 Å². The largest absolute Gasteiger partial charge is 0.458 e. The van der Waals surface area contributed by atoms with Crippen molar-refractivity contribution in [2.24, 2.45) is 4.52 Å². The molecule has 1 aliphatic heterocycles. The molecule has 0 amide bonds. The molecule has 0 saturated carbocycles. The molecular formula is C12H19N5O4S. The van der Waals surface area contributed by atoms with E-state index in [-0.39, 0.29) is 0 Å². The van der Waals surface area contributed by atoms with E-state index in [9.17, 15) is 13.2 Å². The minimum atomic E-state index is -4.34. The summed E-state index contributed by atoms with van der Waals surface area (Å²) < 4.78 is 32.6. The Morgan fingerprint density at radius 3 is 2.50 bits per heavy atom. The molecule has 0 aromatic carbocycles. The zero-order chi connectivity index (χ0) is 17.1. The average molecular weight is 329 g/mol. The fourth-order valence-electron chi connectivity index (χ4n) is 1.67. The highest BCUT2D eigenvalue weighted by Crippen LogP contribution is 2.22. The maximum Gasteiger partial charge on any atom is 0.334 e. The third-order valence-corrected chi connectivity index (χ3v) is 3.73. The van der Waals surface area contributed by atoms with E-state index in [0.29, 0.717) is 10.0 Å². The first-order chi connectivity index (χ1) is 9.98. The lowest BCUT2D eigenvalue weighted by atomic mass is 10.1. The van der Waals surface area contributed by atoms with E-state index >= 15 is 0 Å². The lowest BCUT2D eigenvalue weighted by molar-refractivity contribution is -0.157. The van der Waals surface area contributed by atoms with Gasteiger partial charge in [-0.15, -0.1) is 0 Å². The lowest BCUT2D eigenvalue weighted by Crippen LogP contribution is -2.44. The van der Waals surface area contributed by atoms with Crippen molar-refractivity contribution >= 4 is 16.2 Å². The topological polar surface area (TPSA) is 116 Å². The van der Waals surface area contributed by atoms with Crippen LogP contribution in [0.25, 0.3) is 10.4 Å². The molecule has 1 unspecified atom stereocenters. The Kier molecular flexibility index (Phi) is 5.10. The minimum Gasteiger partial charge on any atom is -0.458 e. The minimum absolute atomic E-state index is 0.628. The van der Waals surface area contributed by atoms with Gasteiger partial charge < -0.3 is 9.64 Å². The first kappa shape index (κ1) is 17.9. The predicted octanol–water partition coefficient (Wildman–Crippen LogP) is 1.53. The molecule has 0 N–H and O–H groups in total. The second-order valence-corrected chi connectivity index (χ2v) is 7.24. The molecule has 0 saturated heterocycles. The fraction of sp³-hybridized carbons (Fsp3) is 0.583. The Morgan fingerprint density at radius 2 is 2.05 bits per heavy atom. The number of carbonyl (C=O) groups excluding carboxylic acids is 1. The normalized spacial score (nSPS) is 18.3. The van der Waals surface area contributed by atoms with Crippen LogP contribution in [0, 0.1) is 0 Å². The van der Waals surface area contributed by atoms with Crippen molar-refractivity contribution in [3.05, 3.63) is 34.5 Å². The van der Waals surface area contributed by atoms with Crippen molar-refractivity contribution in [3.63, 3.8) is 0 Å². The highest BCUT2D eigenvalue weighted by Gasteiger charge is 2.35. The summed E-state index contributed by atoms with van der Waals surface area (Å²) in [4.78, 5) is 16.3. The van der Waals surface area contributed by atoms with Crippen molar-refractivity contribution in [1.29, 1.82) is 0 Å². The van der Waals surface area contributed by atoms with Gasteiger partial charge in [0.05, 0.1) is 4.52 Å². The maximum atomic E-state index is 12.3. The molecule has 0 spiro atoms. The number of azide groups is 1. The predicted molar refractivity (Wildman–Crippen MR) is 80.4 cm³/mol. The fourth-order valence-corrected chi connectivity index (χ4v) is 2.50. The molecule has 0 bridgehead atoms. The second-order valence-electron chi connectivity index (χ2n) is 5.76. The molecule has 1 rings (SSSR count). The number of rotatable bonds is 4. The zero-order valence-electron chi connectivity index (χ0n) is 13.1. The molecule has 0 aromatic rings. The molecule has 1 atom stereocenters. The van der Waals surface area contributed by atoms with Gasteiger partial charge >= 0.3 is 16.2 Å². The first-order valence-electron chi connectivity index (χ1n) is 6.38. The second kappa shape index (κ2) is 6.29. The van der Waals surface area contributed by atoms with E-state index in [0.717, 1.165) is 0 Å².